The first-order valence-electron chi connectivity index (χ1n) is 13.2. The van der Waals surface area contributed by atoms with Crippen molar-refractivity contribution in [2.75, 3.05) is 13.2 Å². The monoisotopic (exact) mass is 566 g/mol. The number of aryl methyl sites for hydroxylation is 1. The fourth-order valence-electron chi connectivity index (χ4n) is 4.44. The summed E-state index contributed by atoms with van der Waals surface area (Å²) in [5.41, 5.74) is 9.34. The van der Waals surface area contributed by atoms with Gasteiger partial charge in [-0.25, -0.2) is 4.79 Å². The molecule has 0 saturated carbocycles. The molecule has 3 aromatic carbocycles. The number of carboxylic acids is 1. The molecule has 3 aromatic rings. The van der Waals surface area contributed by atoms with Gasteiger partial charge in [0.05, 0.1) is 0 Å². The predicted octanol–water partition coefficient (Wildman–Crippen LogP) is 2.32. The van der Waals surface area contributed by atoms with Crippen LogP contribution in [0.3, 0.4) is 0 Å². The highest BCUT2D eigenvalue weighted by Gasteiger charge is 2.48. The molecule has 5 unspecified atom stereocenters. The lowest BCUT2D eigenvalue weighted by atomic mass is 9.99. The Bertz CT molecular complexity index is 1350. The Morgan fingerprint density at radius 2 is 1.59 bits per heavy atom. The molecule has 4 rings (SSSR count). The summed E-state index contributed by atoms with van der Waals surface area (Å²) in [7, 11) is 0. The lowest BCUT2D eigenvalue weighted by molar-refractivity contribution is -0.271. The van der Waals surface area contributed by atoms with Crippen LogP contribution in [0.5, 0.6) is 17.2 Å². The van der Waals surface area contributed by atoms with Crippen LogP contribution in [0.2, 0.25) is 0 Å². The number of carbonyl (C=O) groups is 1. The predicted molar refractivity (Wildman–Crippen MR) is 149 cm³/mol. The lowest BCUT2D eigenvalue weighted by Crippen LogP contribution is -2.61. The standard InChI is InChI=1S/C30H34N2O9/c1-2-4-20-15-19(17-7-9-18(10-8-17)28(31)32)11-12-23(20)39-14-13-38-21-5-3-6-22(16-21)40-30-26(35)24(33)25(34)27(41-30)29(36)37/h3,5-12,15-16,24-27,30,33-35H,2,4,13-14H2,1H3,(H3,31,32)(H,36,37). The SMILES string of the molecule is CCCc1cc(-c2ccc(C(=N)N)cc2)ccc1OCCOc1cccc(OC2OC(C(=O)O)C(O)C(O)C2O)c1. The summed E-state index contributed by atoms with van der Waals surface area (Å²) in [6, 6.07) is 19.9. The second-order valence-electron chi connectivity index (χ2n) is 9.59. The molecule has 1 aliphatic rings. The van der Waals surface area contributed by atoms with Gasteiger partial charge >= 0.3 is 5.97 Å². The van der Waals surface area contributed by atoms with Crippen LogP contribution < -0.4 is 19.9 Å². The van der Waals surface area contributed by atoms with E-state index in [9.17, 15) is 25.2 Å². The highest BCUT2D eigenvalue weighted by molar-refractivity contribution is 5.95. The third-order valence-corrected chi connectivity index (χ3v) is 6.59. The van der Waals surface area contributed by atoms with Crippen LogP contribution in [0.1, 0.15) is 24.5 Å². The smallest absolute Gasteiger partial charge is 0.335 e. The van der Waals surface area contributed by atoms with Gasteiger partial charge in [-0.15, -0.1) is 0 Å². The number of aliphatic hydroxyl groups is 3. The molecule has 5 atom stereocenters. The first kappa shape index (κ1) is 29.8. The van der Waals surface area contributed by atoms with Gasteiger partial charge in [-0.2, -0.15) is 0 Å². The van der Waals surface area contributed by atoms with E-state index < -0.39 is 36.7 Å². The number of hydrogen-bond donors (Lipinski definition) is 6. The number of carboxylic acid groups (broad SMARTS) is 1. The van der Waals surface area contributed by atoms with Crippen LogP contribution in [0.25, 0.3) is 11.1 Å². The molecule has 0 aliphatic carbocycles. The van der Waals surface area contributed by atoms with Crippen molar-refractivity contribution >= 4 is 11.8 Å². The molecule has 1 heterocycles. The van der Waals surface area contributed by atoms with Crippen LogP contribution in [0.4, 0.5) is 0 Å². The normalized spacial score (nSPS) is 22.1. The number of ether oxygens (including phenoxy) is 4. The fourth-order valence-corrected chi connectivity index (χ4v) is 4.44. The molecule has 0 bridgehead atoms. The van der Waals surface area contributed by atoms with E-state index in [0.29, 0.717) is 11.3 Å². The number of nitrogens with one attached hydrogen (secondary N) is 1. The summed E-state index contributed by atoms with van der Waals surface area (Å²) in [6.45, 7) is 2.58. The Balaban J connectivity index is 1.34. The van der Waals surface area contributed by atoms with Crippen molar-refractivity contribution in [1.82, 2.24) is 0 Å². The van der Waals surface area contributed by atoms with Gasteiger partial charge in [0, 0.05) is 11.6 Å². The first-order valence-corrected chi connectivity index (χ1v) is 13.2. The zero-order chi connectivity index (χ0) is 29.5. The van der Waals surface area contributed by atoms with Crippen molar-refractivity contribution in [2.24, 2.45) is 5.73 Å². The summed E-state index contributed by atoms with van der Waals surface area (Å²) < 4.78 is 22.5. The number of nitrogen functional groups attached to an aromatic ring is 1. The van der Waals surface area contributed by atoms with E-state index >= 15 is 0 Å². The van der Waals surface area contributed by atoms with Crippen molar-refractivity contribution in [3.05, 3.63) is 77.9 Å². The Morgan fingerprint density at radius 1 is 0.902 bits per heavy atom. The van der Waals surface area contributed by atoms with Crippen molar-refractivity contribution in [3.63, 3.8) is 0 Å². The molecule has 11 nitrogen and oxygen atoms in total. The van der Waals surface area contributed by atoms with E-state index in [1.165, 1.54) is 6.07 Å². The van der Waals surface area contributed by atoms with Gasteiger partial charge in [0.25, 0.3) is 0 Å². The molecule has 0 radical (unpaired) electrons. The maximum absolute atomic E-state index is 11.3. The van der Waals surface area contributed by atoms with Gasteiger partial charge in [-0.1, -0.05) is 49.7 Å². The molecule has 0 amide bonds. The lowest BCUT2D eigenvalue weighted by Gasteiger charge is -2.38. The zero-order valence-electron chi connectivity index (χ0n) is 22.5. The highest BCUT2D eigenvalue weighted by atomic mass is 16.7. The van der Waals surface area contributed by atoms with E-state index in [-0.39, 0.29) is 24.8 Å². The molecular formula is C30H34N2O9. The van der Waals surface area contributed by atoms with Gasteiger partial charge in [0.1, 0.15) is 54.6 Å². The third kappa shape index (κ3) is 7.33. The van der Waals surface area contributed by atoms with Crippen molar-refractivity contribution in [3.8, 4) is 28.4 Å². The van der Waals surface area contributed by atoms with Crippen molar-refractivity contribution < 1.29 is 44.2 Å². The average Bonchev–Trinajstić information content (AvgIpc) is 2.96. The van der Waals surface area contributed by atoms with Crippen LogP contribution in [-0.2, 0) is 16.0 Å². The minimum absolute atomic E-state index is 0.0277. The highest BCUT2D eigenvalue weighted by Crippen LogP contribution is 2.29. The molecule has 1 saturated heterocycles. The average molecular weight is 567 g/mol. The maximum Gasteiger partial charge on any atom is 0.335 e. The summed E-state index contributed by atoms with van der Waals surface area (Å²) in [6.07, 6.45) is -6.72. The number of aliphatic hydroxyl groups excluding tert-OH is 3. The second-order valence-corrected chi connectivity index (χ2v) is 9.59. The third-order valence-electron chi connectivity index (χ3n) is 6.59. The minimum Gasteiger partial charge on any atom is -0.490 e. The van der Waals surface area contributed by atoms with Gasteiger partial charge in [-0.05, 0) is 47.4 Å². The van der Waals surface area contributed by atoms with Gasteiger partial charge in [0.2, 0.25) is 6.29 Å². The summed E-state index contributed by atoms with van der Waals surface area (Å²) in [5, 5.41) is 46.8. The minimum atomic E-state index is -1.80. The molecular weight excluding hydrogens is 532 g/mol. The zero-order valence-corrected chi connectivity index (χ0v) is 22.5. The van der Waals surface area contributed by atoms with E-state index in [0.717, 1.165) is 35.3 Å². The number of hydrogen-bond acceptors (Lipinski definition) is 9. The molecule has 1 fully saturated rings. The largest absolute Gasteiger partial charge is 0.490 e. The van der Waals surface area contributed by atoms with E-state index in [2.05, 4.69) is 13.0 Å². The van der Waals surface area contributed by atoms with Crippen LogP contribution in [0.15, 0.2) is 66.7 Å². The molecule has 218 valence electrons. The number of nitrogens with two attached hydrogens (primary N) is 1. The van der Waals surface area contributed by atoms with E-state index in [1.54, 1.807) is 18.2 Å². The topological polar surface area (TPSA) is 185 Å². The van der Waals surface area contributed by atoms with Crippen molar-refractivity contribution in [1.29, 1.82) is 5.41 Å². The number of benzene rings is 3. The first-order chi connectivity index (χ1) is 19.7. The maximum atomic E-state index is 11.3. The van der Waals surface area contributed by atoms with Gasteiger partial charge in [-0.3, -0.25) is 5.41 Å². The summed E-state index contributed by atoms with van der Waals surface area (Å²) in [4.78, 5) is 11.3. The molecule has 41 heavy (non-hydrogen) atoms. The molecule has 11 heteroatoms. The number of rotatable bonds is 12. The van der Waals surface area contributed by atoms with Crippen LogP contribution in [-0.4, -0.2) is 76.2 Å². The summed E-state index contributed by atoms with van der Waals surface area (Å²) >= 11 is 0. The molecule has 7 N–H and O–H groups in total. The number of aliphatic carboxylic acids is 1. The fraction of sp³-hybridized carbons (Fsp3) is 0.333. The van der Waals surface area contributed by atoms with E-state index in [1.807, 2.05) is 36.4 Å². The number of amidine groups is 1. The quantitative estimate of drug-likeness (QED) is 0.108. The van der Waals surface area contributed by atoms with Crippen LogP contribution in [0, 0.1) is 5.41 Å². The molecule has 0 spiro atoms. The molecule has 1 aliphatic heterocycles. The second kappa shape index (κ2) is 13.5. The molecule has 0 aromatic heterocycles. The van der Waals surface area contributed by atoms with Gasteiger partial charge < -0.3 is 45.1 Å². The van der Waals surface area contributed by atoms with Crippen LogP contribution >= 0.6 is 0 Å². The Labute approximate surface area is 237 Å². The van der Waals surface area contributed by atoms with Crippen molar-refractivity contribution in [2.45, 2.75) is 50.5 Å². The van der Waals surface area contributed by atoms with E-state index in [4.69, 9.17) is 30.1 Å². The Morgan fingerprint density at radius 3 is 2.27 bits per heavy atom. The Kier molecular flexibility index (Phi) is 9.79. The summed E-state index contributed by atoms with van der Waals surface area (Å²) in [5.74, 6) is -0.0646. The Hall–Kier alpha value is -4.16. The van der Waals surface area contributed by atoms with Gasteiger partial charge in [0.15, 0.2) is 6.10 Å².